The molecule has 240 valence electrons. The van der Waals surface area contributed by atoms with Gasteiger partial charge in [0.05, 0.1) is 16.8 Å². The monoisotopic (exact) mass is 656 g/mol. The van der Waals surface area contributed by atoms with E-state index in [0.29, 0.717) is 12.2 Å². The number of amidine groups is 1. The predicted molar refractivity (Wildman–Crippen MR) is 172 cm³/mol. The number of carbonyl (C=O) groups excluding carboxylic acids is 1. The number of carboxylic acids is 1. The van der Waals surface area contributed by atoms with Crippen LogP contribution in [0.1, 0.15) is 56.5 Å². The molecule has 1 amide bonds. The summed E-state index contributed by atoms with van der Waals surface area (Å²) in [6, 6.07) is 9.58. The van der Waals surface area contributed by atoms with E-state index < -0.39 is 53.6 Å². The lowest BCUT2D eigenvalue weighted by molar-refractivity contribution is -0.137. The number of carboxylic acid groups (broad SMARTS) is 1. The van der Waals surface area contributed by atoms with Crippen molar-refractivity contribution in [3.05, 3.63) is 64.7 Å². The van der Waals surface area contributed by atoms with Gasteiger partial charge in [-0.2, -0.15) is 5.26 Å². The summed E-state index contributed by atoms with van der Waals surface area (Å²) in [5.74, 6) is -3.07. The topological polar surface area (TPSA) is 125 Å². The minimum absolute atomic E-state index is 0.00493. The molecule has 45 heavy (non-hydrogen) atoms. The Balaban J connectivity index is 1.76. The van der Waals surface area contributed by atoms with Crippen LogP contribution in [0.25, 0.3) is 11.9 Å². The van der Waals surface area contributed by atoms with Gasteiger partial charge in [-0.25, -0.2) is 18.5 Å². The molecule has 0 spiro atoms. The number of rotatable bonds is 9. The summed E-state index contributed by atoms with van der Waals surface area (Å²) in [6.07, 6.45) is 1.84. The Labute approximate surface area is 267 Å². The van der Waals surface area contributed by atoms with Crippen LogP contribution in [0.4, 0.5) is 13.6 Å². The summed E-state index contributed by atoms with van der Waals surface area (Å²) in [6.45, 7) is 13.5. The molecule has 1 aromatic heterocycles. The number of aromatic nitrogens is 1. The van der Waals surface area contributed by atoms with Crippen LogP contribution in [0.2, 0.25) is 25.7 Å². The largest absolute Gasteiger partial charge is 0.480 e. The Morgan fingerprint density at radius 1 is 1.27 bits per heavy atom. The molecule has 1 N–H and O–H groups in total. The van der Waals surface area contributed by atoms with Gasteiger partial charge in [0.25, 0.3) is 0 Å². The van der Waals surface area contributed by atoms with Gasteiger partial charge in [-0.15, -0.1) is 0 Å². The Hall–Kier alpha value is -3.60. The lowest BCUT2D eigenvalue weighted by Crippen LogP contribution is -2.47. The molecule has 0 saturated heterocycles. The Morgan fingerprint density at radius 3 is 2.56 bits per heavy atom. The van der Waals surface area contributed by atoms with E-state index >= 15 is 8.78 Å². The standard InChI is InChI=1S/C32H38F2N4O5SSi/c1-30(2,3)43-29(41)38(19-42-12-13-45(5,6)7)28-37-31(4,26-16-32(26,44-28)27(39)40)22-14-20(8-10-23(22)33)15-24(34)25-11-9-21(17-35)18-36-25/h8-11,14-15,18,26H,12-13,16,19H2,1-7H3,(H,39,40)/b24-15-. The molecule has 9 nitrogen and oxygen atoms in total. The van der Waals surface area contributed by atoms with Crippen molar-refractivity contribution >= 4 is 49.0 Å². The van der Waals surface area contributed by atoms with E-state index in [2.05, 4.69) is 24.6 Å². The zero-order chi connectivity index (χ0) is 33.4. The van der Waals surface area contributed by atoms with Gasteiger partial charge in [0.15, 0.2) is 5.17 Å². The van der Waals surface area contributed by atoms with Gasteiger partial charge in [0.1, 0.15) is 34.8 Å². The van der Waals surface area contributed by atoms with Gasteiger partial charge in [-0.1, -0.05) is 37.5 Å². The molecule has 0 radical (unpaired) electrons. The third kappa shape index (κ3) is 7.80. The first-order valence-electron chi connectivity index (χ1n) is 14.5. The maximum Gasteiger partial charge on any atom is 0.418 e. The highest BCUT2D eigenvalue weighted by molar-refractivity contribution is 8.15. The number of halogens is 2. The summed E-state index contributed by atoms with van der Waals surface area (Å²) >= 11 is 0.939. The van der Waals surface area contributed by atoms with Crippen molar-refractivity contribution in [2.75, 3.05) is 13.3 Å². The molecule has 3 unspecified atom stereocenters. The summed E-state index contributed by atoms with van der Waals surface area (Å²) in [5, 5.41) is 19.4. The van der Waals surface area contributed by atoms with E-state index in [1.165, 1.54) is 47.5 Å². The molecule has 1 saturated carbocycles. The lowest BCUT2D eigenvalue weighted by Gasteiger charge is -2.37. The third-order valence-corrected chi connectivity index (χ3v) is 10.8. The summed E-state index contributed by atoms with van der Waals surface area (Å²) < 4.78 is 40.9. The van der Waals surface area contributed by atoms with Crippen LogP contribution in [0.5, 0.6) is 0 Å². The van der Waals surface area contributed by atoms with Crippen molar-refractivity contribution in [2.24, 2.45) is 10.9 Å². The van der Waals surface area contributed by atoms with Crippen LogP contribution in [-0.4, -0.2) is 64.0 Å². The quantitative estimate of drug-likeness (QED) is 0.170. The van der Waals surface area contributed by atoms with E-state index in [4.69, 9.17) is 19.7 Å². The van der Waals surface area contributed by atoms with Crippen LogP contribution in [0.3, 0.4) is 0 Å². The van der Waals surface area contributed by atoms with E-state index in [-0.39, 0.29) is 35.1 Å². The second-order valence-corrected chi connectivity index (χ2v) is 20.5. The van der Waals surface area contributed by atoms with Crippen molar-refractivity contribution in [3.63, 3.8) is 0 Å². The fourth-order valence-electron chi connectivity index (χ4n) is 4.99. The van der Waals surface area contributed by atoms with Gasteiger partial charge in [0, 0.05) is 32.4 Å². The second-order valence-electron chi connectivity index (χ2n) is 13.6. The minimum atomic E-state index is -1.44. The zero-order valence-corrected chi connectivity index (χ0v) is 28.3. The molecule has 2 aliphatic rings. The molecule has 1 aromatic carbocycles. The van der Waals surface area contributed by atoms with Gasteiger partial charge >= 0.3 is 12.1 Å². The fraction of sp³-hybridized carbons (Fsp3) is 0.469. The van der Waals surface area contributed by atoms with Gasteiger partial charge in [0.2, 0.25) is 0 Å². The SMILES string of the molecule is CC(C)(C)OC(=O)N(COCC[Si](C)(C)C)C1=NC(C)(c2cc(/C=C(\F)c3ccc(C#N)cn3)ccc2F)C2CC2(C(=O)O)S1. The Bertz CT molecular complexity index is 1580. The summed E-state index contributed by atoms with van der Waals surface area (Å²) in [4.78, 5) is 36.1. The summed E-state index contributed by atoms with van der Waals surface area (Å²) in [5.41, 5.74) is -1.65. The molecule has 13 heteroatoms. The number of thioether (sulfide) groups is 1. The van der Waals surface area contributed by atoms with E-state index in [0.717, 1.165) is 17.8 Å². The highest BCUT2D eigenvalue weighted by Gasteiger charge is 2.72. The number of nitriles is 1. The number of hydrogen-bond donors (Lipinski definition) is 1. The number of hydrogen-bond acceptors (Lipinski definition) is 8. The smallest absolute Gasteiger partial charge is 0.418 e. The van der Waals surface area contributed by atoms with E-state index in [1.54, 1.807) is 27.7 Å². The number of aliphatic carboxylic acids is 1. The number of carbonyl (C=O) groups is 2. The average Bonchev–Trinajstić information content (AvgIpc) is 3.70. The molecule has 4 rings (SSSR count). The molecule has 1 fully saturated rings. The van der Waals surface area contributed by atoms with Crippen LogP contribution in [0, 0.1) is 23.1 Å². The molecule has 2 aromatic rings. The molecule has 3 atom stereocenters. The highest BCUT2D eigenvalue weighted by atomic mass is 32.2. The number of fused-ring (bicyclic) bond motifs is 1. The second kappa shape index (κ2) is 12.7. The molecular formula is C32H38F2N4O5SSi. The normalized spacial score (nSPS) is 23.0. The minimum Gasteiger partial charge on any atom is -0.480 e. The van der Waals surface area contributed by atoms with Crippen molar-refractivity contribution in [2.45, 2.75) is 75.7 Å². The fourth-order valence-corrected chi connectivity index (χ4v) is 7.26. The van der Waals surface area contributed by atoms with Gasteiger partial charge in [-0.3, -0.25) is 14.8 Å². The van der Waals surface area contributed by atoms with Gasteiger partial charge in [-0.05, 0) is 76.1 Å². The Morgan fingerprint density at radius 2 is 1.98 bits per heavy atom. The van der Waals surface area contributed by atoms with Crippen LogP contribution in [0.15, 0.2) is 41.5 Å². The number of amides is 1. The molecule has 1 aliphatic heterocycles. The predicted octanol–water partition coefficient (Wildman–Crippen LogP) is 7.27. The van der Waals surface area contributed by atoms with Crippen LogP contribution >= 0.6 is 11.8 Å². The van der Waals surface area contributed by atoms with Gasteiger partial charge < -0.3 is 14.6 Å². The maximum absolute atomic E-state index is 15.6. The molecule has 1 aliphatic carbocycles. The molecule has 2 heterocycles. The van der Waals surface area contributed by atoms with E-state index in [1.807, 2.05) is 6.07 Å². The molecular weight excluding hydrogens is 619 g/mol. The van der Waals surface area contributed by atoms with Crippen molar-refractivity contribution in [1.29, 1.82) is 5.26 Å². The highest BCUT2D eigenvalue weighted by Crippen LogP contribution is 2.66. The number of nitrogens with zero attached hydrogens (tertiary/aromatic N) is 4. The van der Waals surface area contributed by atoms with Crippen molar-refractivity contribution in [3.8, 4) is 6.07 Å². The molecule has 0 bridgehead atoms. The number of pyridine rings is 1. The summed E-state index contributed by atoms with van der Waals surface area (Å²) in [7, 11) is -1.44. The van der Waals surface area contributed by atoms with E-state index in [9.17, 15) is 14.7 Å². The number of aliphatic imine (C=N–C) groups is 1. The number of benzene rings is 1. The van der Waals surface area contributed by atoms with Crippen LogP contribution < -0.4 is 0 Å². The van der Waals surface area contributed by atoms with Crippen molar-refractivity contribution < 1.29 is 33.0 Å². The van der Waals surface area contributed by atoms with Crippen molar-refractivity contribution in [1.82, 2.24) is 9.88 Å². The first-order chi connectivity index (χ1) is 20.9. The number of ether oxygens (including phenoxy) is 2. The lowest BCUT2D eigenvalue weighted by atomic mass is 9.84. The first kappa shape index (κ1) is 34.3. The van der Waals surface area contributed by atoms with Crippen LogP contribution in [-0.2, 0) is 19.8 Å². The zero-order valence-electron chi connectivity index (χ0n) is 26.5. The Kier molecular flexibility index (Phi) is 9.64. The first-order valence-corrected chi connectivity index (χ1v) is 19.1. The average molecular weight is 657 g/mol. The third-order valence-electron chi connectivity index (χ3n) is 7.58. The maximum atomic E-state index is 15.6.